The summed E-state index contributed by atoms with van der Waals surface area (Å²) in [4.78, 5) is 35.5. The summed E-state index contributed by atoms with van der Waals surface area (Å²) in [6.07, 6.45) is -3.52. The van der Waals surface area contributed by atoms with Gasteiger partial charge >= 0.3 is 12.4 Å². The Morgan fingerprint density at radius 2 is 1.80 bits per heavy atom. The Balaban J connectivity index is 1.14. The van der Waals surface area contributed by atoms with E-state index in [9.17, 15) is 27.2 Å². The number of thioether (sulfide) groups is 1. The van der Waals surface area contributed by atoms with Gasteiger partial charge in [0.05, 0.1) is 36.0 Å². The number of aryl methyl sites for hydroxylation is 1. The van der Waals surface area contributed by atoms with E-state index < -0.39 is 24.0 Å². The Hall–Kier alpha value is -5.61. The van der Waals surface area contributed by atoms with Crippen LogP contribution in [0.5, 0.6) is 5.75 Å². The van der Waals surface area contributed by atoms with Crippen LogP contribution in [-0.2, 0) is 22.7 Å². The fourth-order valence-electron chi connectivity index (χ4n) is 4.90. The molecule has 4 aromatic carbocycles. The number of nitrogens with zero attached hydrogens (tertiary/aromatic N) is 5. The molecule has 1 aromatic heterocycles. The van der Waals surface area contributed by atoms with E-state index in [1.165, 1.54) is 52.3 Å². The Kier molecular flexibility index (Phi) is 9.92. The number of alkyl halides is 3. The predicted octanol–water partition coefficient (Wildman–Crippen LogP) is 7.80. The van der Waals surface area contributed by atoms with E-state index in [2.05, 4.69) is 25.1 Å². The Labute approximate surface area is 285 Å². The third-order valence-corrected chi connectivity index (χ3v) is 8.08. The molecule has 1 fully saturated rings. The SMILES string of the molecule is Cc1ccc(COCc2cccc(F)c2)c(N2C(=O)CS/C2=N\C(=O)Nc2ccc(-c3ncn(-c4ccc(OC(F)(F)F)cc4)n3)cc2F)c1. The smallest absolute Gasteiger partial charge is 0.406 e. The van der Waals surface area contributed by atoms with Crippen molar-refractivity contribution in [3.8, 4) is 22.8 Å². The predicted molar refractivity (Wildman–Crippen MR) is 176 cm³/mol. The van der Waals surface area contributed by atoms with Crippen LogP contribution < -0.4 is 15.0 Å². The number of rotatable bonds is 9. The largest absolute Gasteiger partial charge is 0.573 e. The maximum atomic E-state index is 15.1. The molecule has 0 saturated carbocycles. The zero-order valence-corrected chi connectivity index (χ0v) is 26.8. The standard InChI is InChI=1S/C34H25F5N6O4S/c1-20-5-6-23(17-48-16-21-3-2-4-24(35)14-21)29(13-20)45-30(46)18-50-33(45)42-32(47)41-28-12-7-22(15-27(28)36)31-40-19-44(43-31)25-8-10-26(11-9-25)49-34(37,38)39/h2-15,19H,16-18H2,1H3,(H,41,47)/b42-33-. The van der Waals surface area contributed by atoms with Gasteiger partial charge in [-0.15, -0.1) is 18.3 Å². The zero-order chi connectivity index (χ0) is 35.4. The first kappa shape index (κ1) is 34.3. The molecule has 1 aliphatic rings. The number of hydrogen-bond acceptors (Lipinski definition) is 7. The first-order valence-corrected chi connectivity index (χ1v) is 15.8. The molecule has 0 atom stereocenters. The van der Waals surface area contributed by atoms with Crippen LogP contribution in [0.2, 0.25) is 0 Å². The first-order chi connectivity index (χ1) is 23.9. The van der Waals surface area contributed by atoms with Crippen LogP contribution in [0, 0.1) is 18.6 Å². The quantitative estimate of drug-likeness (QED) is 0.156. The number of urea groups is 1. The Morgan fingerprint density at radius 1 is 1.00 bits per heavy atom. The third kappa shape index (κ3) is 8.33. The van der Waals surface area contributed by atoms with E-state index in [-0.39, 0.29) is 52.9 Å². The molecular formula is C34H25F5N6O4S. The van der Waals surface area contributed by atoms with Gasteiger partial charge in [0.25, 0.3) is 0 Å². The van der Waals surface area contributed by atoms with Gasteiger partial charge in [-0.2, -0.15) is 4.99 Å². The number of amidine groups is 1. The van der Waals surface area contributed by atoms with Gasteiger partial charge < -0.3 is 14.8 Å². The number of carbonyl (C=O) groups is 2. The molecule has 1 aliphatic heterocycles. The summed E-state index contributed by atoms with van der Waals surface area (Å²) in [5, 5.41) is 6.74. The van der Waals surface area contributed by atoms with Crippen molar-refractivity contribution in [1.29, 1.82) is 0 Å². The molecule has 0 spiro atoms. The van der Waals surface area contributed by atoms with Gasteiger partial charge in [-0.05, 0) is 78.7 Å². The summed E-state index contributed by atoms with van der Waals surface area (Å²) in [6, 6.07) is 19.3. The minimum atomic E-state index is -4.82. The summed E-state index contributed by atoms with van der Waals surface area (Å²) >= 11 is 1.05. The van der Waals surface area contributed by atoms with Crippen molar-refractivity contribution in [2.75, 3.05) is 16.0 Å². The number of benzene rings is 4. The first-order valence-electron chi connectivity index (χ1n) is 14.8. The van der Waals surface area contributed by atoms with Crippen LogP contribution in [-0.4, -0.2) is 44.0 Å². The monoisotopic (exact) mass is 708 g/mol. The molecule has 256 valence electrons. The lowest BCUT2D eigenvalue weighted by Gasteiger charge is -2.20. The molecule has 0 radical (unpaired) electrons. The highest BCUT2D eigenvalue weighted by Gasteiger charge is 2.33. The maximum Gasteiger partial charge on any atom is 0.573 e. The average Bonchev–Trinajstić information content (AvgIpc) is 3.69. The third-order valence-electron chi connectivity index (χ3n) is 7.16. The van der Waals surface area contributed by atoms with Gasteiger partial charge in [-0.25, -0.2) is 23.2 Å². The molecule has 10 nitrogen and oxygen atoms in total. The molecule has 0 aliphatic carbocycles. The van der Waals surface area contributed by atoms with E-state index in [4.69, 9.17) is 4.74 Å². The lowest BCUT2D eigenvalue weighted by atomic mass is 10.1. The minimum absolute atomic E-state index is 0.0256. The van der Waals surface area contributed by atoms with E-state index in [1.54, 1.807) is 24.3 Å². The second-order valence-corrected chi connectivity index (χ2v) is 11.8. The lowest BCUT2D eigenvalue weighted by molar-refractivity contribution is -0.274. The number of halogens is 5. The highest BCUT2D eigenvalue weighted by molar-refractivity contribution is 8.15. The molecule has 5 aromatic rings. The fraction of sp³-hybridized carbons (Fsp3) is 0.147. The van der Waals surface area contributed by atoms with E-state index >= 15 is 4.39 Å². The number of hydrogen-bond donors (Lipinski definition) is 1. The number of aromatic nitrogens is 3. The van der Waals surface area contributed by atoms with Crippen LogP contribution in [0.1, 0.15) is 16.7 Å². The second-order valence-electron chi connectivity index (χ2n) is 10.8. The Bertz CT molecular complexity index is 2090. The molecule has 0 unspecified atom stereocenters. The summed E-state index contributed by atoms with van der Waals surface area (Å²) in [6.45, 7) is 2.07. The van der Waals surface area contributed by atoms with Gasteiger partial charge in [0.2, 0.25) is 5.91 Å². The zero-order valence-electron chi connectivity index (χ0n) is 25.9. The summed E-state index contributed by atoms with van der Waals surface area (Å²) in [7, 11) is 0. The highest BCUT2D eigenvalue weighted by Crippen LogP contribution is 2.32. The normalized spacial score (nSPS) is 14.0. The highest BCUT2D eigenvalue weighted by atomic mass is 32.2. The van der Waals surface area contributed by atoms with Gasteiger partial charge in [0.15, 0.2) is 11.0 Å². The van der Waals surface area contributed by atoms with E-state index in [0.29, 0.717) is 22.5 Å². The van der Waals surface area contributed by atoms with Crippen LogP contribution in [0.25, 0.3) is 17.1 Å². The molecule has 3 amide bonds. The van der Waals surface area contributed by atoms with Crippen molar-refractivity contribution >= 4 is 40.2 Å². The number of anilines is 2. The molecular weight excluding hydrogens is 683 g/mol. The van der Waals surface area contributed by atoms with Crippen LogP contribution in [0.3, 0.4) is 0 Å². The summed E-state index contributed by atoms with van der Waals surface area (Å²) in [5.41, 5.74) is 3.05. The summed E-state index contributed by atoms with van der Waals surface area (Å²) in [5.74, 6) is -1.77. The summed E-state index contributed by atoms with van der Waals surface area (Å²) < 4.78 is 77.0. The van der Waals surface area contributed by atoms with Crippen molar-refractivity contribution in [3.05, 3.63) is 120 Å². The van der Waals surface area contributed by atoms with Crippen LogP contribution >= 0.6 is 11.8 Å². The maximum absolute atomic E-state index is 15.1. The van der Waals surface area contributed by atoms with Crippen molar-refractivity contribution in [3.63, 3.8) is 0 Å². The van der Waals surface area contributed by atoms with Gasteiger partial charge in [0.1, 0.15) is 23.7 Å². The molecule has 16 heteroatoms. The van der Waals surface area contributed by atoms with Crippen molar-refractivity contribution < 1.29 is 41.0 Å². The molecule has 50 heavy (non-hydrogen) atoms. The Morgan fingerprint density at radius 3 is 2.54 bits per heavy atom. The molecule has 6 rings (SSSR count). The fourth-order valence-corrected chi connectivity index (χ4v) is 5.76. The second kappa shape index (κ2) is 14.5. The lowest BCUT2D eigenvalue weighted by Crippen LogP contribution is -2.31. The van der Waals surface area contributed by atoms with Gasteiger partial charge in [-0.3, -0.25) is 9.69 Å². The van der Waals surface area contributed by atoms with Gasteiger partial charge in [-0.1, -0.05) is 36.0 Å². The van der Waals surface area contributed by atoms with Crippen molar-refractivity contribution in [1.82, 2.24) is 14.8 Å². The van der Waals surface area contributed by atoms with E-state index in [0.717, 1.165) is 35.5 Å². The average molecular weight is 709 g/mol. The number of aliphatic imine (C=N–C) groups is 1. The van der Waals surface area contributed by atoms with Crippen LogP contribution in [0.15, 0.2) is 96.2 Å². The molecule has 0 bridgehead atoms. The molecule has 1 N–H and O–H groups in total. The number of nitrogens with one attached hydrogen (secondary N) is 1. The van der Waals surface area contributed by atoms with Crippen LogP contribution in [0.4, 0.5) is 38.1 Å². The van der Waals surface area contributed by atoms with Gasteiger partial charge in [0, 0.05) is 11.1 Å². The van der Waals surface area contributed by atoms with Crippen molar-refractivity contribution in [2.45, 2.75) is 26.5 Å². The molecule has 1 saturated heterocycles. The topological polar surface area (TPSA) is 111 Å². The number of amides is 3. The van der Waals surface area contributed by atoms with Crippen molar-refractivity contribution in [2.24, 2.45) is 4.99 Å². The molecule has 2 heterocycles. The van der Waals surface area contributed by atoms with E-state index in [1.807, 2.05) is 13.0 Å². The minimum Gasteiger partial charge on any atom is -0.406 e. The number of ether oxygens (including phenoxy) is 2. The number of carbonyl (C=O) groups excluding carboxylic acids is 2.